The minimum Gasteiger partial charge on any atom is -0.496 e. The number of carbonyl (C=O) groups is 1. The van der Waals surface area contributed by atoms with Crippen LogP contribution in [0.1, 0.15) is 15.9 Å². The molecule has 1 aromatic heterocycles. The van der Waals surface area contributed by atoms with Gasteiger partial charge in [-0.05, 0) is 23.7 Å². The molecule has 0 spiro atoms. The molecule has 8 heteroatoms. The van der Waals surface area contributed by atoms with Crippen LogP contribution in [0, 0.1) is 0 Å². The Morgan fingerprint density at radius 2 is 1.95 bits per heavy atom. The average Bonchev–Trinajstić information content (AvgIpc) is 2.52. The van der Waals surface area contributed by atoms with E-state index in [1.165, 1.54) is 6.20 Å². The van der Waals surface area contributed by atoms with Gasteiger partial charge in [-0.2, -0.15) is 4.98 Å². The third kappa shape index (κ3) is 3.37. The molecule has 7 nitrogen and oxygen atoms in total. The van der Waals surface area contributed by atoms with Gasteiger partial charge in [-0.1, -0.05) is 6.07 Å². The van der Waals surface area contributed by atoms with Crippen LogP contribution in [-0.2, 0) is 6.54 Å². The van der Waals surface area contributed by atoms with Crippen molar-refractivity contribution in [1.29, 1.82) is 0 Å². The van der Waals surface area contributed by atoms with Gasteiger partial charge >= 0.3 is 0 Å². The molecule has 2 rings (SSSR count). The summed E-state index contributed by atoms with van der Waals surface area (Å²) in [7, 11) is 3.13. The highest BCUT2D eigenvalue weighted by atomic mass is 35.5. The summed E-state index contributed by atoms with van der Waals surface area (Å²) in [6, 6.07) is 5.43. The highest BCUT2D eigenvalue weighted by Gasteiger charge is 2.14. The molecule has 0 saturated heterocycles. The number of rotatable bonds is 6. The molecule has 0 aliphatic heterocycles. The standard InChI is InChI=1S/C14H15ClN4O3/c1-21-10-4-3-5-11(22-2)8(10)6-17-13-9(12(16)20)7-18-14(15)19-13/h3-5,7H,6H2,1-2H3,(H2,16,20)(H,17,18,19). The number of aromatic nitrogens is 2. The smallest absolute Gasteiger partial charge is 0.254 e. The number of amides is 1. The molecule has 0 atom stereocenters. The number of nitrogens with two attached hydrogens (primary N) is 1. The Labute approximate surface area is 132 Å². The SMILES string of the molecule is COc1cccc(OC)c1CNc1nc(Cl)ncc1C(N)=O. The summed E-state index contributed by atoms with van der Waals surface area (Å²) in [4.78, 5) is 19.1. The van der Waals surface area contributed by atoms with Crippen LogP contribution in [0.2, 0.25) is 5.28 Å². The van der Waals surface area contributed by atoms with E-state index in [9.17, 15) is 4.79 Å². The van der Waals surface area contributed by atoms with Crippen LogP contribution in [0.5, 0.6) is 11.5 Å². The van der Waals surface area contributed by atoms with E-state index >= 15 is 0 Å². The van der Waals surface area contributed by atoms with Crippen LogP contribution in [0.15, 0.2) is 24.4 Å². The molecule has 2 aromatic rings. The van der Waals surface area contributed by atoms with Crippen molar-refractivity contribution >= 4 is 23.3 Å². The van der Waals surface area contributed by atoms with E-state index in [1.807, 2.05) is 18.2 Å². The predicted octanol–water partition coefficient (Wildman–Crippen LogP) is 1.86. The Hall–Kier alpha value is -2.54. The first-order valence-corrected chi connectivity index (χ1v) is 6.70. The summed E-state index contributed by atoms with van der Waals surface area (Å²) >= 11 is 5.76. The molecule has 1 aromatic carbocycles. The third-order valence-corrected chi connectivity index (χ3v) is 3.17. The van der Waals surface area contributed by atoms with E-state index in [4.69, 9.17) is 26.8 Å². The number of hydrogen-bond acceptors (Lipinski definition) is 6. The highest BCUT2D eigenvalue weighted by molar-refractivity contribution is 6.28. The maximum absolute atomic E-state index is 11.4. The predicted molar refractivity (Wildman–Crippen MR) is 82.4 cm³/mol. The molecule has 0 saturated carbocycles. The Kier molecular flexibility index (Phi) is 5.00. The number of nitrogens with zero attached hydrogens (tertiary/aromatic N) is 2. The Balaban J connectivity index is 2.31. The number of halogens is 1. The summed E-state index contributed by atoms with van der Waals surface area (Å²) in [5.74, 6) is 0.895. The summed E-state index contributed by atoms with van der Waals surface area (Å²) in [6.45, 7) is 0.306. The Morgan fingerprint density at radius 1 is 1.32 bits per heavy atom. The van der Waals surface area contributed by atoms with E-state index in [0.717, 1.165) is 5.56 Å². The normalized spacial score (nSPS) is 10.1. The number of methoxy groups -OCH3 is 2. The van der Waals surface area contributed by atoms with E-state index < -0.39 is 5.91 Å². The topological polar surface area (TPSA) is 99.4 Å². The maximum atomic E-state index is 11.4. The van der Waals surface area contributed by atoms with E-state index in [1.54, 1.807) is 14.2 Å². The first-order chi connectivity index (χ1) is 10.6. The summed E-state index contributed by atoms with van der Waals surface area (Å²) in [5, 5.41) is 3.02. The van der Waals surface area contributed by atoms with Crippen LogP contribution in [-0.4, -0.2) is 30.1 Å². The van der Waals surface area contributed by atoms with E-state index in [2.05, 4.69) is 15.3 Å². The fourth-order valence-corrected chi connectivity index (χ4v) is 2.08. The minimum absolute atomic E-state index is 0.0134. The van der Waals surface area contributed by atoms with Crippen molar-refractivity contribution in [3.05, 3.63) is 40.8 Å². The third-order valence-electron chi connectivity index (χ3n) is 2.99. The van der Waals surface area contributed by atoms with Crippen molar-refractivity contribution in [2.75, 3.05) is 19.5 Å². The van der Waals surface area contributed by atoms with Crippen molar-refractivity contribution in [3.63, 3.8) is 0 Å². The number of primary amides is 1. The van der Waals surface area contributed by atoms with Crippen LogP contribution < -0.4 is 20.5 Å². The lowest BCUT2D eigenvalue weighted by molar-refractivity contribution is 0.100. The summed E-state index contributed by atoms with van der Waals surface area (Å²) in [5.41, 5.74) is 6.22. The second kappa shape index (κ2) is 6.95. The van der Waals surface area contributed by atoms with Gasteiger partial charge in [0.25, 0.3) is 5.91 Å². The Bertz CT molecular complexity index is 672. The van der Waals surface area contributed by atoms with Gasteiger partial charge < -0.3 is 20.5 Å². The zero-order valence-electron chi connectivity index (χ0n) is 12.1. The van der Waals surface area contributed by atoms with Crippen molar-refractivity contribution in [2.45, 2.75) is 6.54 Å². The van der Waals surface area contributed by atoms with Crippen molar-refractivity contribution in [1.82, 2.24) is 9.97 Å². The molecule has 22 heavy (non-hydrogen) atoms. The molecule has 1 heterocycles. The maximum Gasteiger partial charge on any atom is 0.254 e. The molecule has 1 amide bonds. The van der Waals surface area contributed by atoms with Gasteiger partial charge in [0, 0.05) is 12.7 Å². The second-order valence-corrected chi connectivity index (χ2v) is 4.60. The first-order valence-electron chi connectivity index (χ1n) is 6.33. The van der Waals surface area contributed by atoms with Crippen molar-refractivity contribution in [3.8, 4) is 11.5 Å². The molecular weight excluding hydrogens is 308 g/mol. The van der Waals surface area contributed by atoms with Gasteiger partial charge in [0.1, 0.15) is 17.3 Å². The zero-order valence-corrected chi connectivity index (χ0v) is 12.8. The van der Waals surface area contributed by atoms with E-state index in [-0.39, 0.29) is 16.7 Å². The molecular formula is C14H15ClN4O3. The zero-order chi connectivity index (χ0) is 16.1. The molecule has 0 radical (unpaired) electrons. The van der Waals surface area contributed by atoms with Crippen LogP contribution in [0.3, 0.4) is 0 Å². The quantitative estimate of drug-likeness (QED) is 0.787. The lowest BCUT2D eigenvalue weighted by Gasteiger charge is -2.14. The van der Waals surface area contributed by atoms with E-state index in [0.29, 0.717) is 18.0 Å². The lowest BCUT2D eigenvalue weighted by atomic mass is 10.1. The molecule has 3 N–H and O–H groups in total. The average molecular weight is 323 g/mol. The van der Waals surface area contributed by atoms with Gasteiger partial charge in [-0.25, -0.2) is 4.98 Å². The second-order valence-electron chi connectivity index (χ2n) is 4.26. The fraction of sp³-hybridized carbons (Fsp3) is 0.214. The van der Waals surface area contributed by atoms with Gasteiger partial charge in [0.05, 0.1) is 25.3 Å². The first kappa shape index (κ1) is 15.8. The van der Waals surface area contributed by atoms with Gasteiger partial charge in [0.15, 0.2) is 0 Å². The van der Waals surface area contributed by atoms with Crippen LogP contribution in [0.4, 0.5) is 5.82 Å². The molecule has 0 bridgehead atoms. The number of benzene rings is 1. The monoisotopic (exact) mass is 322 g/mol. The van der Waals surface area contributed by atoms with Gasteiger partial charge in [-0.3, -0.25) is 4.79 Å². The van der Waals surface area contributed by atoms with Gasteiger partial charge in [0.2, 0.25) is 5.28 Å². The fourth-order valence-electron chi connectivity index (χ4n) is 1.95. The largest absolute Gasteiger partial charge is 0.496 e. The molecule has 0 fully saturated rings. The number of hydrogen-bond donors (Lipinski definition) is 2. The van der Waals surface area contributed by atoms with Crippen LogP contribution >= 0.6 is 11.6 Å². The Morgan fingerprint density at radius 3 is 2.50 bits per heavy atom. The molecule has 116 valence electrons. The van der Waals surface area contributed by atoms with Crippen LogP contribution in [0.25, 0.3) is 0 Å². The molecule has 0 aliphatic carbocycles. The number of carbonyl (C=O) groups excluding carboxylic acids is 1. The highest BCUT2D eigenvalue weighted by Crippen LogP contribution is 2.29. The molecule has 0 unspecified atom stereocenters. The van der Waals surface area contributed by atoms with Crippen molar-refractivity contribution < 1.29 is 14.3 Å². The summed E-state index contributed by atoms with van der Waals surface area (Å²) < 4.78 is 10.6. The van der Waals surface area contributed by atoms with Crippen molar-refractivity contribution in [2.24, 2.45) is 5.73 Å². The molecule has 0 aliphatic rings. The van der Waals surface area contributed by atoms with Gasteiger partial charge in [-0.15, -0.1) is 0 Å². The number of ether oxygens (including phenoxy) is 2. The number of anilines is 1. The summed E-state index contributed by atoms with van der Waals surface area (Å²) in [6.07, 6.45) is 1.28. The minimum atomic E-state index is -0.647. The number of nitrogens with one attached hydrogen (secondary N) is 1. The lowest BCUT2D eigenvalue weighted by Crippen LogP contribution is -2.16.